The Morgan fingerprint density at radius 2 is 1.96 bits per heavy atom. The van der Waals surface area contributed by atoms with Crippen LogP contribution in [0, 0.1) is 11.8 Å². The van der Waals surface area contributed by atoms with Crippen LogP contribution in [-0.4, -0.2) is 57.2 Å². The number of benzene rings is 1. The second-order valence-electron chi connectivity index (χ2n) is 5.84. The van der Waals surface area contributed by atoms with Crippen molar-refractivity contribution in [3.63, 3.8) is 0 Å². The minimum absolute atomic E-state index is 0.0836. The van der Waals surface area contributed by atoms with Crippen molar-refractivity contribution < 1.29 is 23.8 Å². The van der Waals surface area contributed by atoms with Crippen molar-refractivity contribution in [2.45, 2.75) is 0 Å². The van der Waals surface area contributed by atoms with Crippen LogP contribution >= 0.6 is 0 Å². The van der Waals surface area contributed by atoms with Crippen LogP contribution in [0.15, 0.2) is 18.2 Å². The van der Waals surface area contributed by atoms with Crippen molar-refractivity contribution in [3.8, 4) is 11.5 Å². The molecule has 2 aliphatic heterocycles. The zero-order chi connectivity index (χ0) is 16.4. The van der Waals surface area contributed by atoms with Gasteiger partial charge in [-0.05, 0) is 0 Å². The van der Waals surface area contributed by atoms with Crippen LogP contribution in [0.1, 0.15) is 0 Å². The van der Waals surface area contributed by atoms with E-state index in [-0.39, 0.29) is 30.3 Å². The molecule has 1 N–H and O–H groups in total. The quantitative estimate of drug-likeness (QED) is 0.807. The number of carbonyl (C=O) groups is 2. The molecule has 0 bridgehead atoms. The molecule has 0 aliphatic carbocycles. The molecule has 0 saturated carbocycles. The van der Waals surface area contributed by atoms with Crippen LogP contribution in [0.4, 0.5) is 5.69 Å². The Morgan fingerprint density at radius 3 is 2.57 bits per heavy atom. The molecule has 0 unspecified atom stereocenters. The molecule has 23 heavy (non-hydrogen) atoms. The number of ether oxygens (including phenoxy) is 3. The molecule has 2 atom stereocenters. The number of likely N-dealkylation sites (tertiary alicyclic amines) is 1. The number of carbonyl (C=O) groups excluding carboxylic acids is 2. The van der Waals surface area contributed by atoms with Crippen molar-refractivity contribution in [3.05, 3.63) is 18.2 Å². The Hall–Kier alpha value is -2.28. The molecule has 1 amide bonds. The second kappa shape index (κ2) is 6.45. The highest BCUT2D eigenvalue weighted by atomic mass is 16.5. The van der Waals surface area contributed by atoms with E-state index < -0.39 is 0 Å². The fraction of sp³-hybridized carbons (Fsp3) is 0.500. The summed E-state index contributed by atoms with van der Waals surface area (Å²) in [6.07, 6.45) is 0. The molecular weight excluding hydrogens is 300 g/mol. The minimum atomic E-state index is -0.143. The van der Waals surface area contributed by atoms with Crippen molar-refractivity contribution in [1.29, 1.82) is 0 Å². The lowest BCUT2D eigenvalue weighted by Crippen LogP contribution is -2.33. The topological polar surface area (TPSA) is 77.1 Å². The summed E-state index contributed by atoms with van der Waals surface area (Å²) in [6.45, 7) is 2.01. The molecule has 124 valence electrons. The summed E-state index contributed by atoms with van der Waals surface area (Å²) in [4.78, 5) is 25.7. The number of rotatable bonds is 5. The van der Waals surface area contributed by atoms with Gasteiger partial charge in [0, 0.05) is 42.9 Å². The number of cyclic esters (lactones) is 1. The van der Waals surface area contributed by atoms with Crippen LogP contribution in [0.3, 0.4) is 0 Å². The summed E-state index contributed by atoms with van der Waals surface area (Å²) < 4.78 is 15.4. The highest BCUT2D eigenvalue weighted by molar-refractivity contribution is 5.92. The average molecular weight is 320 g/mol. The van der Waals surface area contributed by atoms with Gasteiger partial charge in [-0.1, -0.05) is 0 Å². The van der Waals surface area contributed by atoms with E-state index in [0.29, 0.717) is 36.9 Å². The zero-order valence-corrected chi connectivity index (χ0v) is 13.2. The summed E-state index contributed by atoms with van der Waals surface area (Å²) in [6, 6.07) is 5.20. The lowest BCUT2D eigenvalue weighted by molar-refractivity contribution is -0.141. The van der Waals surface area contributed by atoms with E-state index in [0.717, 1.165) is 0 Å². The first-order chi connectivity index (χ1) is 11.1. The molecule has 2 heterocycles. The van der Waals surface area contributed by atoms with Gasteiger partial charge in [-0.15, -0.1) is 0 Å². The monoisotopic (exact) mass is 320 g/mol. The molecule has 7 heteroatoms. The summed E-state index contributed by atoms with van der Waals surface area (Å²) in [5.41, 5.74) is 0.616. The smallest absolute Gasteiger partial charge is 0.310 e. The molecule has 7 nitrogen and oxygen atoms in total. The normalized spacial score (nSPS) is 23.3. The predicted octanol–water partition coefficient (Wildman–Crippen LogP) is 0.747. The Kier molecular flexibility index (Phi) is 4.38. The summed E-state index contributed by atoms with van der Waals surface area (Å²) in [5.74, 6) is 1.08. The first-order valence-corrected chi connectivity index (χ1v) is 7.51. The number of esters is 1. The number of methoxy groups -OCH3 is 2. The minimum Gasteiger partial charge on any atom is -0.497 e. The number of nitrogens with zero attached hydrogens (tertiary/aromatic N) is 1. The molecule has 0 spiro atoms. The van der Waals surface area contributed by atoms with E-state index in [1.807, 2.05) is 4.90 Å². The van der Waals surface area contributed by atoms with Crippen molar-refractivity contribution >= 4 is 17.6 Å². The lowest BCUT2D eigenvalue weighted by atomic mass is 10.0. The van der Waals surface area contributed by atoms with Gasteiger partial charge in [0.25, 0.3) is 0 Å². The fourth-order valence-corrected chi connectivity index (χ4v) is 3.11. The first-order valence-electron chi connectivity index (χ1n) is 7.51. The maximum absolute atomic E-state index is 12.2. The molecule has 1 aromatic carbocycles. The summed E-state index contributed by atoms with van der Waals surface area (Å²) >= 11 is 0. The predicted molar refractivity (Wildman–Crippen MR) is 82.6 cm³/mol. The van der Waals surface area contributed by atoms with Gasteiger partial charge in [0.2, 0.25) is 5.91 Å². The first kappa shape index (κ1) is 15.6. The van der Waals surface area contributed by atoms with E-state index in [2.05, 4.69) is 5.32 Å². The molecule has 3 rings (SSSR count). The molecular formula is C16H20N2O5. The summed E-state index contributed by atoms with van der Waals surface area (Å²) in [5, 5.41) is 2.84. The van der Waals surface area contributed by atoms with Crippen molar-refractivity contribution in [2.24, 2.45) is 11.8 Å². The van der Waals surface area contributed by atoms with Gasteiger partial charge in [0.05, 0.1) is 33.3 Å². The molecule has 2 aliphatic rings. The van der Waals surface area contributed by atoms with E-state index >= 15 is 0 Å². The van der Waals surface area contributed by atoms with Crippen LogP contribution in [0.25, 0.3) is 0 Å². The maximum Gasteiger partial charge on any atom is 0.310 e. The third-order valence-electron chi connectivity index (χ3n) is 4.26. The Labute approximate surface area is 134 Å². The number of amides is 1. The van der Waals surface area contributed by atoms with Gasteiger partial charge in [-0.2, -0.15) is 0 Å². The second-order valence-corrected chi connectivity index (χ2v) is 5.84. The van der Waals surface area contributed by atoms with Crippen LogP contribution in [0.2, 0.25) is 0 Å². The van der Waals surface area contributed by atoms with Gasteiger partial charge in [-0.3, -0.25) is 14.5 Å². The fourth-order valence-electron chi connectivity index (χ4n) is 3.11. The third kappa shape index (κ3) is 3.39. The van der Waals surface area contributed by atoms with E-state index in [1.165, 1.54) is 0 Å². The molecule has 2 saturated heterocycles. The van der Waals surface area contributed by atoms with Gasteiger partial charge >= 0.3 is 5.97 Å². The number of nitrogens with one attached hydrogen (secondary N) is 1. The van der Waals surface area contributed by atoms with Crippen LogP contribution in [-0.2, 0) is 14.3 Å². The Morgan fingerprint density at radius 1 is 1.26 bits per heavy atom. The third-order valence-corrected chi connectivity index (χ3v) is 4.26. The zero-order valence-electron chi connectivity index (χ0n) is 13.2. The van der Waals surface area contributed by atoms with Crippen molar-refractivity contribution in [1.82, 2.24) is 4.90 Å². The van der Waals surface area contributed by atoms with Crippen LogP contribution in [0.5, 0.6) is 11.5 Å². The largest absolute Gasteiger partial charge is 0.497 e. The van der Waals surface area contributed by atoms with E-state index in [1.54, 1.807) is 32.4 Å². The van der Waals surface area contributed by atoms with E-state index in [4.69, 9.17) is 14.2 Å². The molecule has 0 aromatic heterocycles. The molecule has 1 aromatic rings. The number of hydrogen-bond donors (Lipinski definition) is 1. The molecule has 0 radical (unpaired) electrons. The Balaban J connectivity index is 1.59. The van der Waals surface area contributed by atoms with Gasteiger partial charge in [-0.25, -0.2) is 0 Å². The van der Waals surface area contributed by atoms with Gasteiger partial charge in [0.1, 0.15) is 11.5 Å². The molecule has 2 fully saturated rings. The maximum atomic E-state index is 12.2. The standard InChI is InChI=1S/C16H20N2O5/c1-21-12-3-11(4-13(5-12)22-2)17-15(19)8-18-6-10-9-23-16(20)14(10)7-18/h3-5,10,14H,6-9H2,1-2H3,(H,17,19)/t10-,14-/m1/s1. The lowest BCUT2D eigenvalue weighted by Gasteiger charge is -2.16. The number of hydrogen-bond acceptors (Lipinski definition) is 6. The van der Waals surface area contributed by atoms with Gasteiger partial charge < -0.3 is 19.5 Å². The van der Waals surface area contributed by atoms with Gasteiger partial charge in [0.15, 0.2) is 0 Å². The van der Waals surface area contributed by atoms with Crippen LogP contribution < -0.4 is 14.8 Å². The van der Waals surface area contributed by atoms with Crippen molar-refractivity contribution in [2.75, 3.05) is 45.8 Å². The number of anilines is 1. The SMILES string of the molecule is COc1cc(NC(=O)CN2C[C@@H]3COC(=O)[C@@H]3C2)cc(OC)c1. The summed E-state index contributed by atoms with van der Waals surface area (Å²) in [7, 11) is 3.12. The average Bonchev–Trinajstić information content (AvgIpc) is 3.08. The Bertz CT molecular complexity index is 596. The number of fused-ring (bicyclic) bond motifs is 1. The highest BCUT2D eigenvalue weighted by Crippen LogP contribution is 2.30. The highest BCUT2D eigenvalue weighted by Gasteiger charge is 2.44. The van der Waals surface area contributed by atoms with E-state index in [9.17, 15) is 9.59 Å².